The lowest BCUT2D eigenvalue weighted by Crippen LogP contribution is -2.23. The van der Waals surface area contributed by atoms with Crippen molar-refractivity contribution >= 4 is 17.3 Å². The molecule has 118 valence electrons. The molecular weight excluding hydrogens is 288 g/mol. The summed E-state index contributed by atoms with van der Waals surface area (Å²) in [5.74, 6) is -0.664. The van der Waals surface area contributed by atoms with Crippen LogP contribution in [-0.2, 0) is 4.79 Å². The van der Waals surface area contributed by atoms with Crippen LogP contribution in [0.25, 0.3) is 0 Å². The molecule has 1 heterocycles. The Balaban J connectivity index is 2.72. The number of nitrogens with one attached hydrogen (secondary N) is 1. The molecule has 0 spiro atoms. The van der Waals surface area contributed by atoms with Gasteiger partial charge in [0.2, 0.25) is 6.04 Å². The number of unbranched alkanes of at least 4 members (excludes halogenated alkanes) is 1. The standard InChI is InChI=1S/C14H18N4O4/c1-2-3-4-12(18(21)22)5-6-13(17-20)14(19)16-11-7-9-15-10-8-11/h5-10,12,20H,2-4H2,1H3,(H,15,16,19)/b6-5?,17-13+. The molecule has 0 aliphatic carbocycles. The lowest BCUT2D eigenvalue weighted by molar-refractivity contribution is -0.510. The SMILES string of the molecule is CCCCC(C=C/C(=N\O)C(=O)Nc1ccncc1)[N+](=O)[O-]. The highest BCUT2D eigenvalue weighted by atomic mass is 16.6. The smallest absolute Gasteiger partial charge is 0.277 e. The number of nitrogens with zero attached hydrogens (tertiary/aromatic N) is 3. The topological polar surface area (TPSA) is 118 Å². The van der Waals surface area contributed by atoms with Gasteiger partial charge in [0.15, 0.2) is 5.71 Å². The molecule has 1 rings (SSSR count). The van der Waals surface area contributed by atoms with Crippen molar-refractivity contribution in [2.75, 3.05) is 5.32 Å². The van der Waals surface area contributed by atoms with Crippen LogP contribution in [-0.4, -0.2) is 32.8 Å². The van der Waals surface area contributed by atoms with Gasteiger partial charge in [-0.05, 0) is 30.7 Å². The average Bonchev–Trinajstić information content (AvgIpc) is 2.51. The molecule has 1 aromatic rings. The molecule has 0 aromatic carbocycles. The lowest BCUT2D eigenvalue weighted by atomic mass is 10.1. The molecule has 0 saturated carbocycles. The van der Waals surface area contributed by atoms with Crippen LogP contribution in [0, 0.1) is 10.1 Å². The summed E-state index contributed by atoms with van der Waals surface area (Å²) in [6, 6.07) is 2.22. The van der Waals surface area contributed by atoms with Gasteiger partial charge < -0.3 is 10.5 Å². The number of nitro groups is 1. The number of carbonyl (C=O) groups excluding carboxylic acids is 1. The van der Waals surface area contributed by atoms with Gasteiger partial charge in [0, 0.05) is 29.4 Å². The fourth-order valence-corrected chi connectivity index (χ4v) is 1.67. The van der Waals surface area contributed by atoms with E-state index in [9.17, 15) is 14.9 Å². The van der Waals surface area contributed by atoms with Crippen molar-refractivity contribution in [3.8, 4) is 0 Å². The quantitative estimate of drug-likeness (QED) is 0.330. The molecule has 0 radical (unpaired) electrons. The van der Waals surface area contributed by atoms with Crippen LogP contribution in [0.3, 0.4) is 0 Å². The first-order valence-corrected chi connectivity index (χ1v) is 6.83. The minimum Gasteiger partial charge on any atom is -0.410 e. The van der Waals surface area contributed by atoms with Crippen LogP contribution in [0.4, 0.5) is 5.69 Å². The van der Waals surface area contributed by atoms with Crippen molar-refractivity contribution in [3.63, 3.8) is 0 Å². The number of aromatic nitrogens is 1. The molecule has 0 aliphatic heterocycles. The highest BCUT2D eigenvalue weighted by molar-refractivity contribution is 6.46. The number of hydrogen-bond acceptors (Lipinski definition) is 6. The van der Waals surface area contributed by atoms with Crippen LogP contribution in [0.15, 0.2) is 41.8 Å². The van der Waals surface area contributed by atoms with E-state index in [0.717, 1.165) is 12.5 Å². The maximum Gasteiger partial charge on any atom is 0.277 e. The highest BCUT2D eigenvalue weighted by Gasteiger charge is 2.17. The minimum absolute atomic E-state index is 0.305. The van der Waals surface area contributed by atoms with Gasteiger partial charge in [-0.1, -0.05) is 18.5 Å². The van der Waals surface area contributed by atoms with Crippen LogP contribution < -0.4 is 5.32 Å². The molecule has 0 saturated heterocycles. The summed E-state index contributed by atoms with van der Waals surface area (Å²) >= 11 is 0. The molecule has 0 fully saturated rings. The maximum absolute atomic E-state index is 11.9. The largest absolute Gasteiger partial charge is 0.410 e. The Morgan fingerprint density at radius 2 is 2.23 bits per heavy atom. The summed E-state index contributed by atoms with van der Waals surface area (Å²) in [5, 5.41) is 25.2. The Morgan fingerprint density at radius 3 is 2.77 bits per heavy atom. The van der Waals surface area contributed by atoms with E-state index in [-0.39, 0.29) is 5.71 Å². The Kier molecular flexibility index (Phi) is 7.24. The molecule has 1 atom stereocenters. The van der Waals surface area contributed by atoms with Crippen molar-refractivity contribution in [2.24, 2.45) is 5.16 Å². The molecule has 0 bridgehead atoms. The fraction of sp³-hybridized carbons (Fsp3) is 0.357. The van der Waals surface area contributed by atoms with E-state index in [1.807, 2.05) is 6.92 Å². The van der Waals surface area contributed by atoms with Gasteiger partial charge in [0.25, 0.3) is 5.91 Å². The predicted octanol–water partition coefficient (Wildman–Crippen LogP) is 2.24. The molecule has 2 N–H and O–H groups in total. The van der Waals surface area contributed by atoms with Crippen LogP contribution in [0.1, 0.15) is 26.2 Å². The summed E-state index contributed by atoms with van der Waals surface area (Å²) in [6.07, 6.45) is 7.30. The summed E-state index contributed by atoms with van der Waals surface area (Å²) in [5.41, 5.74) is 0.173. The zero-order valence-corrected chi connectivity index (χ0v) is 12.2. The minimum atomic E-state index is -0.912. The maximum atomic E-state index is 11.9. The van der Waals surface area contributed by atoms with E-state index in [2.05, 4.69) is 15.5 Å². The van der Waals surface area contributed by atoms with Crippen LogP contribution >= 0.6 is 0 Å². The van der Waals surface area contributed by atoms with Gasteiger partial charge >= 0.3 is 0 Å². The second-order valence-electron chi connectivity index (χ2n) is 4.53. The van der Waals surface area contributed by atoms with E-state index in [1.54, 1.807) is 12.1 Å². The third-order valence-electron chi connectivity index (χ3n) is 2.88. The average molecular weight is 306 g/mol. The number of anilines is 1. The van der Waals surface area contributed by atoms with Crippen LogP contribution in [0.2, 0.25) is 0 Å². The molecule has 1 aromatic heterocycles. The molecule has 1 unspecified atom stereocenters. The number of pyridine rings is 1. The molecule has 0 aliphatic rings. The van der Waals surface area contributed by atoms with Gasteiger partial charge in [-0.15, -0.1) is 0 Å². The van der Waals surface area contributed by atoms with E-state index >= 15 is 0 Å². The summed E-state index contributed by atoms with van der Waals surface area (Å²) in [4.78, 5) is 26.2. The van der Waals surface area contributed by atoms with E-state index in [4.69, 9.17) is 5.21 Å². The summed E-state index contributed by atoms with van der Waals surface area (Å²) in [7, 11) is 0. The Labute approximate surface area is 127 Å². The predicted molar refractivity (Wildman–Crippen MR) is 81.5 cm³/mol. The molecule has 1 amide bonds. The monoisotopic (exact) mass is 306 g/mol. The fourth-order valence-electron chi connectivity index (χ4n) is 1.67. The van der Waals surface area contributed by atoms with Crippen molar-refractivity contribution in [1.29, 1.82) is 0 Å². The second-order valence-corrected chi connectivity index (χ2v) is 4.53. The summed E-state index contributed by atoms with van der Waals surface area (Å²) < 4.78 is 0. The van der Waals surface area contributed by atoms with E-state index < -0.39 is 16.9 Å². The molecular formula is C14H18N4O4. The third-order valence-corrected chi connectivity index (χ3v) is 2.88. The van der Waals surface area contributed by atoms with Gasteiger partial charge in [-0.2, -0.15) is 0 Å². The van der Waals surface area contributed by atoms with Crippen LogP contribution in [0.5, 0.6) is 0 Å². The van der Waals surface area contributed by atoms with Crippen molar-refractivity contribution < 1.29 is 14.9 Å². The molecule has 8 heteroatoms. The van der Waals surface area contributed by atoms with Gasteiger partial charge in [-0.25, -0.2) is 0 Å². The van der Waals surface area contributed by atoms with Gasteiger partial charge in [0.1, 0.15) is 0 Å². The Morgan fingerprint density at radius 1 is 1.55 bits per heavy atom. The van der Waals surface area contributed by atoms with E-state index in [1.165, 1.54) is 18.5 Å². The first kappa shape index (κ1) is 17.3. The zero-order chi connectivity index (χ0) is 16.4. The Bertz CT molecular complexity index is 557. The second kappa shape index (κ2) is 9.22. The number of oxime groups is 1. The number of rotatable bonds is 8. The van der Waals surface area contributed by atoms with Gasteiger partial charge in [0.05, 0.1) is 0 Å². The molecule has 8 nitrogen and oxygen atoms in total. The zero-order valence-electron chi connectivity index (χ0n) is 12.2. The van der Waals surface area contributed by atoms with Crippen molar-refractivity contribution in [2.45, 2.75) is 32.2 Å². The van der Waals surface area contributed by atoms with E-state index in [0.29, 0.717) is 18.5 Å². The van der Waals surface area contributed by atoms with Crippen molar-refractivity contribution in [1.82, 2.24) is 4.98 Å². The van der Waals surface area contributed by atoms with Gasteiger partial charge in [-0.3, -0.25) is 19.9 Å². The lowest BCUT2D eigenvalue weighted by Gasteiger charge is -2.05. The highest BCUT2D eigenvalue weighted by Crippen LogP contribution is 2.07. The van der Waals surface area contributed by atoms with Crippen molar-refractivity contribution in [3.05, 3.63) is 46.8 Å². The Hall–Kier alpha value is -2.77. The molecule has 22 heavy (non-hydrogen) atoms. The number of hydrogen-bond donors (Lipinski definition) is 2. The number of amides is 1. The first-order chi connectivity index (χ1) is 10.6. The first-order valence-electron chi connectivity index (χ1n) is 6.83. The third kappa shape index (κ3) is 5.70. The number of carbonyl (C=O) groups is 1. The summed E-state index contributed by atoms with van der Waals surface area (Å²) in [6.45, 7) is 1.93. The normalized spacial score (nSPS) is 13.0.